The van der Waals surface area contributed by atoms with Crippen LogP contribution in [0.4, 0.5) is 17.1 Å². The summed E-state index contributed by atoms with van der Waals surface area (Å²) in [6.07, 6.45) is 0. The Kier molecular flexibility index (Phi) is 7.39. The van der Waals surface area contributed by atoms with Crippen molar-refractivity contribution in [2.45, 2.75) is 12.1 Å². The van der Waals surface area contributed by atoms with E-state index in [1.54, 1.807) is 49.5 Å². The van der Waals surface area contributed by atoms with Gasteiger partial charge in [0.1, 0.15) is 5.75 Å². The van der Waals surface area contributed by atoms with Crippen LogP contribution in [0.15, 0.2) is 47.6 Å². The standard InChI is InChI=1S/C20H21N7O4S/c1-12(28)21-16-10-15(8-9-17(16)31-3)23-19(30)13-4-6-14(7-5-13)22-18(29)11-32-20-24-25-26-27(20)2/h4-10H,11H2,1-3H3,(H,21,28)(H,22,29)(H,23,30). The molecule has 2 aromatic carbocycles. The molecule has 0 aliphatic rings. The number of benzene rings is 2. The Labute approximate surface area is 187 Å². The summed E-state index contributed by atoms with van der Waals surface area (Å²) in [5, 5.41) is 19.7. The Bertz CT molecular complexity index is 1130. The number of amides is 3. The summed E-state index contributed by atoms with van der Waals surface area (Å²) in [7, 11) is 3.18. The fraction of sp³-hybridized carbons (Fsp3) is 0.200. The Morgan fingerprint density at radius 3 is 2.38 bits per heavy atom. The van der Waals surface area contributed by atoms with Crippen LogP contribution in [-0.2, 0) is 16.6 Å². The molecule has 11 nitrogen and oxygen atoms in total. The van der Waals surface area contributed by atoms with Gasteiger partial charge in [0.2, 0.25) is 17.0 Å². The smallest absolute Gasteiger partial charge is 0.255 e. The van der Waals surface area contributed by atoms with E-state index < -0.39 is 0 Å². The van der Waals surface area contributed by atoms with Crippen molar-refractivity contribution in [3.05, 3.63) is 48.0 Å². The van der Waals surface area contributed by atoms with Crippen LogP contribution in [-0.4, -0.2) is 50.8 Å². The number of thioether (sulfide) groups is 1. The lowest BCUT2D eigenvalue weighted by Gasteiger charge is -2.12. The second kappa shape index (κ2) is 10.4. The molecule has 0 radical (unpaired) electrons. The van der Waals surface area contributed by atoms with Crippen molar-refractivity contribution in [2.24, 2.45) is 7.05 Å². The molecule has 1 heterocycles. The van der Waals surface area contributed by atoms with Gasteiger partial charge >= 0.3 is 0 Å². The topological polar surface area (TPSA) is 140 Å². The third-order valence-electron chi connectivity index (χ3n) is 4.11. The molecule has 3 N–H and O–H groups in total. The van der Waals surface area contributed by atoms with Crippen molar-refractivity contribution in [1.82, 2.24) is 20.2 Å². The van der Waals surface area contributed by atoms with Gasteiger partial charge in [0.25, 0.3) is 5.91 Å². The second-order valence-electron chi connectivity index (χ2n) is 6.55. The number of anilines is 3. The molecule has 0 bridgehead atoms. The lowest BCUT2D eigenvalue weighted by molar-refractivity contribution is -0.114. The predicted molar refractivity (Wildman–Crippen MR) is 120 cm³/mol. The molecule has 0 aliphatic carbocycles. The molecular formula is C20H21N7O4S. The maximum Gasteiger partial charge on any atom is 0.255 e. The number of tetrazole rings is 1. The molecule has 12 heteroatoms. The first kappa shape index (κ1) is 22.7. The Morgan fingerprint density at radius 1 is 1.03 bits per heavy atom. The maximum absolute atomic E-state index is 12.6. The number of methoxy groups -OCH3 is 1. The van der Waals surface area contributed by atoms with Crippen molar-refractivity contribution in [2.75, 3.05) is 28.8 Å². The minimum atomic E-state index is -0.341. The van der Waals surface area contributed by atoms with Crippen LogP contribution in [0.5, 0.6) is 5.75 Å². The van der Waals surface area contributed by atoms with Crippen molar-refractivity contribution in [1.29, 1.82) is 0 Å². The molecule has 166 valence electrons. The average molecular weight is 456 g/mol. The van der Waals surface area contributed by atoms with E-state index in [2.05, 4.69) is 31.5 Å². The quantitative estimate of drug-likeness (QED) is 0.439. The van der Waals surface area contributed by atoms with Gasteiger partial charge < -0.3 is 20.7 Å². The number of aryl methyl sites for hydroxylation is 1. The van der Waals surface area contributed by atoms with Gasteiger partial charge in [-0.15, -0.1) is 5.10 Å². The van der Waals surface area contributed by atoms with E-state index in [0.29, 0.717) is 33.5 Å². The third-order valence-corrected chi connectivity index (χ3v) is 5.12. The summed E-state index contributed by atoms with van der Waals surface area (Å²) >= 11 is 1.21. The highest BCUT2D eigenvalue weighted by Crippen LogP contribution is 2.28. The zero-order valence-corrected chi connectivity index (χ0v) is 18.4. The van der Waals surface area contributed by atoms with Gasteiger partial charge in [-0.25, -0.2) is 4.68 Å². The number of nitrogens with zero attached hydrogens (tertiary/aromatic N) is 4. The highest BCUT2D eigenvalue weighted by atomic mass is 32.2. The fourth-order valence-electron chi connectivity index (χ4n) is 2.65. The number of carbonyl (C=O) groups is 3. The zero-order chi connectivity index (χ0) is 23.1. The molecule has 32 heavy (non-hydrogen) atoms. The highest BCUT2D eigenvalue weighted by Gasteiger charge is 2.11. The number of hydrogen-bond donors (Lipinski definition) is 3. The van der Waals surface area contributed by atoms with Gasteiger partial charge in [-0.1, -0.05) is 11.8 Å². The van der Waals surface area contributed by atoms with E-state index in [1.165, 1.54) is 30.5 Å². The number of ether oxygens (including phenoxy) is 1. The first-order valence-corrected chi connectivity index (χ1v) is 10.4. The van der Waals surface area contributed by atoms with E-state index >= 15 is 0 Å². The predicted octanol–water partition coefficient (Wildman–Crippen LogP) is 2.16. The summed E-state index contributed by atoms with van der Waals surface area (Å²) in [5.74, 6) is -0.195. The summed E-state index contributed by atoms with van der Waals surface area (Å²) in [4.78, 5) is 36.0. The lowest BCUT2D eigenvalue weighted by Crippen LogP contribution is -2.15. The molecule has 0 saturated heterocycles. The Morgan fingerprint density at radius 2 is 1.75 bits per heavy atom. The van der Waals surface area contributed by atoms with E-state index in [1.807, 2.05) is 0 Å². The normalized spacial score (nSPS) is 10.3. The maximum atomic E-state index is 12.6. The first-order chi connectivity index (χ1) is 15.4. The molecule has 3 rings (SSSR count). The van der Waals surface area contributed by atoms with Gasteiger partial charge in [0, 0.05) is 30.9 Å². The molecule has 1 aromatic heterocycles. The van der Waals surface area contributed by atoms with Gasteiger partial charge in [-0.05, 0) is 52.9 Å². The van der Waals surface area contributed by atoms with E-state index in [-0.39, 0.29) is 23.5 Å². The van der Waals surface area contributed by atoms with Crippen molar-refractivity contribution >= 4 is 46.5 Å². The second-order valence-corrected chi connectivity index (χ2v) is 7.49. The third kappa shape index (κ3) is 6.04. The van der Waals surface area contributed by atoms with Crippen LogP contribution < -0.4 is 20.7 Å². The zero-order valence-electron chi connectivity index (χ0n) is 17.6. The average Bonchev–Trinajstić information content (AvgIpc) is 3.17. The molecule has 0 spiro atoms. The number of aromatic nitrogens is 4. The van der Waals surface area contributed by atoms with Crippen LogP contribution in [0.1, 0.15) is 17.3 Å². The number of hydrogen-bond acceptors (Lipinski definition) is 8. The summed E-state index contributed by atoms with van der Waals surface area (Å²) in [5.41, 5.74) is 1.90. The van der Waals surface area contributed by atoms with E-state index in [0.717, 1.165) is 0 Å². The molecule has 0 aliphatic heterocycles. The minimum absolute atomic E-state index is 0.143. The van der Waals surface area contributed by atoms with Crippen molar-refractivity contribution in [3.63, 3.8) is 0 Å². The fourth-order valence-corrected chi connectivity index (χ4v) is 3.30. The van der Waals surface area contributed by atoms with Gasteiger partial charge in [-0.3, -0.25) is 14.4 Å². The Balaban J connectivity index is 1.58. The van der Waals surface area contributed by atoms with Crippen LogP contribution in [0.3, 0.4) is 0 Å². The molecule has 3 aromatic rings. The number of carbonyl (C=O) groups excluding carboxylic acids is 3. The molecule has 0 unspecified atom stereocenters. The number of nitrogens with one attached hydrogen (secondary N) is 3. The molecule has 0 atom stereocenters. The molecule has 0 fully saturated rings. The van der Waals surface area contributed by atoms with Gasteiger partial charge in [0.15, 0.2) is 0 Å². The van der Waals surface area contributed by atoms with E-state index in [9.17, 15) is 14.4 Å². The molecular weight excluding hydrogens is 434 g/mol. The lowest BCUT2D eigenvalue weighted by atomic mass is 10.2. The summed E-state index contributed by atoms with van der Waals surface area (Å²) < 4.78 is 6.68. The summed E-state index contributed by atoms with van der Waals surface area (Å²) in [6.45, 7) is 1.39. The first-order valence-electron chi connectivity index (χ1n) is 9.37. The SMILES string of the molecule is COc1ccc(NC(=O)c2ccc(NC(=O)CSc3nnnn3C)cc2)cc1NC(C)=O. The van der Waals surface area contributed by atoms with Crippen molar-refractivity contribution < 1.29 is 19.1 Å². The number of rotatable bonds is 8. The Hall–Kier alpha value is -3.93. The highest BCUT2D eigenvalue weighted by molar-refractivity contribution is 7.99. The minimum Gasteiger partial charge on any atom is -0.495 e. The summed E-state index contributed by atoms with van der Waals surface area (Å²) in [6, 6.07) is 11.4. The van der Waals surface area contributed by atoms with Gasteiger partial charge in [-0.2, -0.15) is 0 Å². The van der Waals surface area contributed by atoms with E-state index in [4.69, 9.17) is 4.74 Å². The van der Waals surface area contributed by atoms with Crippen molar-refractivity contribution in [3.8, 4) is 5.75 Å². The van der Waals surface area contributed by atoms with Crippen LogP contribution in [0, 0.1) is 0 Å². The van der Waals surface area contributed by atoms with Gasteiger partial charge in [0.05, 0.1) is 18.6 Å². The van der Waals surface area contributed by atoms with Crippen LogP contribution >= 0.6 is 11.8 Å². The molecule has 3 amide bonds. The van der Waals surface area contributed by atoms with Crippen LogP contribution in [0.25, 0.3) is 0 Å². The molecule has 0 saturated carbocycles. The van der Waals surface area contributed by atoms with Crippen LogP contribution in [0.2, 0.25) is 0 Å². The monoisotopic (exact) mass is 455 g/mol. The largest absolute Gasteiger partial charge is 0.495 e.